The van der Waals surface area contributed by atoms with Crippen LogP contribution in [0.1, 0.15) is 54.7 Å². The fourth-order valence-corrected chi connectivity index (χ4v) is 4.19. The summed E-state index contributed by atoms with van der Waals surface area (Å²) in [6.07, 6.45) is 2.92. The fourth-order valence-electron chi connectivity index (χ4n) is 3.92. The first-order chi connectivity index (χ1) is 12.7. The van der Waals surface area contributed by atoms with E-state index in [2.05, 4.69) is 36.3 Å². The average Bonchev–Trinajstić information content (AvgIpc) is 3.16. The van der Waals surface area contributed by atoms with Crippen molar-refractivity contribution in [2.24, 2.45) is 11.3 Å². The first kappa shape index (κ1) is 18.1. The Hall–Kier alpha value is -2.27. The van der Waals surface area contributed by atoms with Gasteiger partial charge >= 0.3 is 0 Å². The number of furan rings is 1. The lowest BCUT2D eigenvalue weighted by Crippen LogP contribution is -2.28. The van der Waals surface area contributed by atoms with Crippen molar-refractivity contribution in [2.45, 2.75) is 47.0 Å². The standard InChI is InChI=1S/C21H24ClN3O2/c1-11-7-12-8-14(10-16(22)19(12)27-11)23-20(26)18-15-9-13(21(2,3)4)5-6-17(15)24-25-18/h7-8,10,13H,5-6,9H2,1-4H3,(H,23,26)(H,24,25). The van der Waals surface area contributed by atoms with Gasteiger partial charge in [-0.25, -0.2) is 0 Å². The molecule has 0 fully saturated rings. The smallest absolute Gasteiger partial charge is 0.276 e. The summed E-state index contributed by atoms with van der Waals surface area (Å²) in [5.74, 6) is 1.11. The van der Waals surface area contributed by atoms with Crippen LogP contribution in [0.3, 0.4) is 0 Å². The molecule has 0 bridgehead atoms. The van der Waals surface area contributed by atoms with E-state index < -0.39 is 0 Å². The highest BCUT2D eigenvalue weighted by atomic mass is 35.5. The van der Waals surface area contributed by atoms with Gasteiger partial charge in [0.1, 0.15) is 5.76 Å². The largest absolute Gasteiger partial charge is 0.460 e. The Morgan fingerprint density at radius 3 is 2.85 bits per heavy atom. The molecule has 1 aliphatic rings. The Morgan fingerprint density at radius 1 is 1.33 bits per heavy atom. The van der Waals surface area contributed by atoms with Crippen LogP contribution in [-0.2, 0) is 12.8 Å². The Balaban J connectivity index is 1.61. The number of fused-ring (bicyclic) bond motifs is 2. The van der Waals surface area contributed by atoms with Gasteiger partial charge in [-0.2, -0.15) is 5.10 Å². The van der Waals surface area contributed by atoms with Crippen LogP contribution in [0.15, 0.2) is 22.6 Å². The second kappa shape index (κ2) is 6.41. The summed E-state index contributed by atoms with van der Waals surface area (Å²) in [4.78, 5) is 12.9. The molecular formula is C21H24ClN3O2. The fraction of sp³-hybridized carbons (Fsp3) is 0.429. The van der Waals surface area contributed by atoms with Gasteiger partial charge in [0.25, 0.3) is 5.91 Å². The number of hydrogen-bond donors (Lipinski definition) is 2. The van der Waals surface area contributed by atoms with Crippen LogP contribution in [0, 0.1) is 18.3 Å². The number of amides is 1. The van der Waals surface area contributed by atoms with Gasteiger partial charge in [-0.05, 0) is 55.7 Å². The van der Waals surface area contributed by atoms with E-state index in [4.69, 9.17) is 16.0 Å². The lowest BCUT2D eigenvalue weighted by molar-refractivity contribution is 0.102. The van der Waals surface area contributed by atoms with E-state index in [-0.39, 0.29) is 11.3 Å². The molecule has 4 rings (SSSR count). The molecule has 6 heteroatoms. The zero-order chi connectivity index (χ0) is 19.3. The van der Waals surface area contributed by atoms with Gasteiger partial charge in [0.2, 0.25) is 0 Å². The second-order valence-corrected chi connectivity index (χ2v) is 8.93. The molecule has 0 saturated carbocycles. The van der Waals surface area contributed by atoms with Gasteiger partial charge < -0.3 is 9.73 Å². The number of aromatic amines is 1. The molecule has 27 heavy (non-hydrogen) atoms. The summed E-state index contributed by atoms with van der Waals surface area (Å²) < 4.78 is 5.59. The molecule has 0 saturated heterocycles. The number of H-pyrrole nitrogens is 1. The molecule has 2 aromatic heterocycles. The van der Waals surface area contributed by atoms with Crippen LogP contribution in [-0.4, -0.2) is 16.1 Å². The molecule has 0 radical (unpaired) electrons. The summed E-state index contributed by atoms with van der Waals surface area (Å²) in [6.45, 7) is 8.64. The molecule has 142 valence electrons. The Bertz CT molecular complexity index is 1030. The topological polar surface area (TPSA) is 70.9 Å². The van der Waals surface area contributed by atoms with Crippen molar-refractivity contribution < 1.29 is 9.21 Å². The van der Waals surface area contributed by atoms with Crippen molar-refractivity contribution in [2.75, 3.05) is 5.32 Å². The molecule has 1 atom stereocenters. The summed E-state index contributed by atoms with van der Waals surface area (Å²) in [5.41, 5.74) is 4.10. The van der Waals surface area contributed by atoms with E-state index in [1.807, 2.05) is 19.1 Å². The number of nitrogens with zero attached hydrogens (tertiary/aromatic N) is 1. The summed E-state index contributed by atoms with van der Waals surface area (Å²) >= 11 is 6.30. The Labute approximate surface area is 163 Å². The molecule has 1 aliphatic carbocycles. The van der Waals surface area contributed by atoms with Crippen LogP contribution in [0.5, 0.6) is 0 Å². The van der Waals surface area contributed by atoms with E-state index in [1.54, 1.807) is 6.07 Å². The van der Waals surface area contributed by atoms with Crippen molar-refractivity contribution >= 4 is 34.2 Å². The molecular weight excluding hydrogens is 362 g/mol. The van der Waals surface area contributed by atoms with Crippen molar-refractivity contribution in [3.05, 3.63) is 45.9 Å². The Morgan fingerprint density at radius 2 is 2.11 bits per heavy atom. The molecule has 2 heterocycles. The number of halogens is 1. The number of rotatable bonds is 2. The number of aryl methyl sites for hydroxylation is 2. The number of carbonyl (C=O) groups is 1. The SMILES string of the molecule is Cc1cc2cc(NC(=O)c3n[nH]c4c3CC(C(C)(C)C)CC4)cc(Cl)c2o1. The average molecular weight is 386 g/mol. The van der Waals surface area contributed by atoms with Crippen LogP contribution in [0.25, 0.3) is 11.0 Å². The van der Waals surface area contributed by atoms with Gasteiger partial charge in [-0.1, -0.05) is 32.4 Å². The van der Waals surface area contributed by atoms with Crippen LogP contribution in [0.4, 0.5) is 5.69 Å². The van der Waals surface area contributed by atoms with E-state index in [0.29, 0.717) is 27.9 Å². The maximum atomic E-state index is 12.9. The minimum Gasteiger partial charge on any atom is -0.460 e. The maximum Gasteiger partial charge on any atom is 0.276 e. The summed E-state index contributed by atoms with van der Waals surface area (Å²) in [7, 11) is 0. The molecule has 1 unspecified atom stereocenters. The third kappa shape index (κ3) is 3.36. The number of anilines is 1. The molecule has 0 spiro atoms. The predicted molar refractivity (Wildman–Crippen MR) is 107 cm³/mol. The van der Waals surface area contributed by atoms with Crippen LogP contribution < -0.4 is 5.32 Å². The third-order valence-corrected chi connectivity index (χ3v) is 5.82. The minimum atomic E-state index is -0.210. The van der Waals surface area contributed by atoms with Gasteiger partial charge in [0, 0.05) is 22.3 Å². The van der Waals surface area contributed by atoms with Crippen molar-refractivity contribution in [3.8, 4) is 0 Å². The van der Waals surface area contributed by atoms with E-state index in [0.717, 1.165) is 41.7 Å². The summed E-state index contributed by atoms with van der Waals surface area (Å²) in [5, 5.41) is 11.7. The highest BCUT2D eigenvalue weighted by molar-refractivity contribution is 6.35. The highest BCUT2D eigenvalue weighted by Gasteiger charge is 2.32. The number of nitrogens with one attached hydrogen (secondary N) is 2. The zero-order valence-corrected chi connectivity index (χ0v) is 16.8. The molecule has 2 N–H and O–H groups in total. The van der Waals surface area contributed by atoms with E-state index in [1.165, 1.54) is 0 Å². The number of carbonyl (C=O) groups excluding carboxylic acids is 1. The van der Waals surface area contributed by atoms with E-state index >= 15 is 0 Å². The quantitative estimate of drug-likeness (QED) is 0.610. The van der Waals surface area contributed by atoms with Crippen molar-refractivity contribution in [3.63, 3.8) is 0 Å². The number of hydrogen-bond acceptors (Lipinski definition) is 3. The van der Waals surface area contributed by atoms with Gasteiger partial charge in [0.05, 0.1) is 5.02 Å². The van der Waals surface area contributed by atoms with Crippen LogP contribution >= 0.6 is 11.6 Å². The van der Waals surface area contributed by atoms with Gasteiger partial charge in [0.15, 0.2) is 11.3 Å². The van der Waals surface area contributed by atoms with Crippen molar-refractivity contribution in [1.82, 2.24) is 10.2 Å². The highest BCUT2D eigenvalue weighted by Crippen LogP contribution is 2.38. The van der Waals surface area contributed by atoms with Crippen molar-refractivity contribution in [1.29, 1.82) is 0 Å². The van der Waals surface area contributed by atoms with Gasteiger partial charge in [-0.15, -0.1) is 0 Å². The molecule has 1 amide bonds. The van der Waals surface area contributed by atoms with E-state index in [9.17, 15) is 4.79 Å². The molecule has 1 aromatic carbocycles. The molecule has 3 aromatic rings. The van der Waals surface area contributed by atoms with Gasteiger partial charge in [-0.3, -0.25) is 9.89 Å². The lowest BCUT2D eigenvalue weighted by Gasteiger charge is -2.33. The minimum absolute atomic E-state index is 0.209. The lowest BCUT2D eigenvalue weighted by atomic mass is 9.71. The zero-order valence-electron chi connectivity index (χ0n) is 16.1. The van der Waals surface area contributed by atoms with Crippen LogP contribution in [0.2, 0.25) is 5.02 Å². The molecule has 5 nitrogen and oxygen atoms in total. The normalized spacial score (nSPS) is 17.1. The predicted octanol–water partition coefficient (Wildman–Crippen LogP) is 5.52. The Kier molecular flexibility index (Phi) is 4.30. The summed E-state index contributed by atoms with van der Waals surface area (Å²) in [6, 6.07) is 5.48. The number of benzene rings is 1. The number of aromatic nitrogens is 2. The third-order valence-electron chi connectivity index (χ3n) is 5.54. The monoisotopic (exact) mass is 385 g/mol. The second-order valence-electron chi connectivity index (χ2n) is 8.52. The molecule has 0 aliphatic heterocycles. The first-order valence-electron chi connectivity index (χ1n) is 9.29. The maximum absolute atomic E-state index is 12.9. The first-order valence-corrected chi connectivity index (χ1v) is 9.67.